The molecule has 2 N–H and O–H groups in total. The molecule has 0 saturated heterocycles. The summed E-state index contributed by atoms with van der Waals surface area (Å²) in [5.74, 6) is -1.06. The molecule has 0 bridgehead atoms. The molecule has 0 saturated carbocycles. The maximum absolute atomic E-state index is 12.6. The Hall–Kier alpha value is -2.98. The van der Waals surface area contributed by atoms with Crippen LogP contribution in [0.3, 0.4) is 0 Å². The molecule has 180 valence electrons. The topological polar surface area (TPSA) is 94.1 Å². The molecule has 2 rings (SSSR count). The first kappa shape index (κ1) is 26.3. The van der Waals surface area contributed by atoms with E-state index in [1.807, 2.05) is 6.92 Å². The Balaban J connectivity index is 2.12. The maximum Gasteiger partial charge on any atom is 0.411 e. The second kappa shape index (κ2) is 11.8. The molecule has 2 aromatic carbocycles. The van der Waals surface area contributed by atoms with E-state index < -0.39 is 30.8 Å². The predicted molar refractivity (Wildman–Crippen MR) is 114 cm³/mol. The number of alkyl halides is 3. The fraction of sp³-hybridized carbons (Fsp3) is 0.364. The van der Waals surface area contributed by atoms with Crippen LogP contribution in [-0.4, -0.2) is 49.6 Å². The minimum Gasteiger partial charge on any atom is -0.496 e. The lowest BCUT2D eigenvalue weighted by Crippen LogP contribution is -2.31. The summed E-state index contributed by atoms with van der Waals surface area (Å²) < 4.78 is 52.3. The third-order valence-electron chi connectivity index (χ3n) is 4.43. The highest BCUT2D eigenvalue weighted by atomic mass is 35.5. The van der Waals surface area contributed by atoms with Crippen LogP contribution in [0, 0.1) is 0 Å². The molecule has 0 aliphatic heterocycles. The van der Waals surface area contributed by atoms with E-state index >= 15 is 0 Å². The van der Waals surface area contributed by atoms with E-state index in [-0.39, 0.29) is 23.6 Å². The highest BCUT2D eigenvalue weighted by molar-refractivity contribution is 6.34. The lowest BCUT2D eigenvalue weighted by atomic mass is 10.0. The zero-order chi connectivity index (χ0) is 24.6. The average Bonchev–Trinajstić information content (AvgIpc) is 2.74. The van der Waals surface area contributed by atoms with E-state index in [1.54, 1.807) is 6.07 Å². The zero-order valence-corrected chi connectivity index (χ0v) is 18.6. The van der Waals surface area contributed by atoms with Crippen LogP contribution >= 0.6 is 11.6 Å². The van der Waals surface area contributed by atoms with Gasteiger partial charge in [-0.3, -0.25) is 4.79 Å². The smallest absolute Gasteiger partial charge is 0.411 e. The number of benzene rings is 2. The van der Waals surface area contributed by atoms with Crippen LogP contribution in [0.2, 0.25) is 5.02 Å². The molecule has 0 radical (unpaired) electrons. The molecule has 11 heteroatoms. The van der Waals surface area contributed by atoms with Gasteiger partial charge >= 0.3 is 12.1 Å². The van der Waals surface area contributed by atoms with Crippen molar-refractivity contribution < 1.29 is 42.1 Å². The lowest BCUT2D eigenvalue weighted by Gasteiger charge is -2.17. The van der Waals surface area contributed by atoms with Gasteiger partial charge in [-0.05, 0) is 36.8 Å². The van der Waals surface area contributed by atoms with Crippen LogP contribution in [0.1, 0.15) is 28.4 Å². The number of carbonyl (C=O) groups excluding carboxylic acids is 1. The summed E-state index contributed by atoms with van der Waals surface area (Å²) in [4.78, 5) is 23.9. The van der Waals surface area contributed by atoms with Crippen molar-refractivity contribution in [1.82, 2.24) is 5.32 Å². The number of carboxylic acids is 1. The van der Waals surface area contributed by atoms with Gasteiger partial charge in [0.15, 0.2) is 6.10 Å². The van der Waals surface area contributed by atoms with Gasteiger partial charge in [0, 0.05) is 18.5 Å². The quantitative estimate of drug-likeness (QED) is 0.490. The number of aliphatic carboxylic acids is 1. The SMILES string of the molecule is CCOc1ccc(C(=O)NCc2cc(CC(OCC(F)(F)F)C(=O)O)ccc2OC)c(Cl)c1. The van der Waals surface area contributed by atoms with Crippen LogP contribution < -0.4 is 14.8 Å². The molecule has 2 aromatic rings. The van der Waals surface area contributed by atoms with Gasteiger partial charge in [0.25, 0.3) is 5.91 Å². The van der Waals surface area contributed by atoms with Crippen molar-refractivity contribution in [1.29, 1.82) is 0 Å². The van der Waals surface area contributed by atoms with Crippen molar-refractivity contribution in [3.63, 3.8) is 0 Å². The first-order valence-electron chi connectivity index (χ1n) is 9.81. The van der Waals surface area contributed by atoms with Gasteiger partial charge in [0.2, 0.25) is 0 Å². The second-order valence-electron chi connectivity index (χ2n) is 6.86. The summed E-state index contributed by atoms with van der Waals surface area (Å²) in [5, 5.41) is 12.1. The summed E-state index contributed by atoms with van der Waals surface area (Å²) >= 11 is 6.16. The van der Waals surface area contributed by atoms with E-state index in [9.17, 15) is 27.9 Å². The number of carbonyl (C=O) groups is 2. The van der Waals surface area contributed by atoms with Crippen LogP contribution in [0.4, 0.5) is 13.2 Å². The van der Waals surface area contributed by atoms with E-state index in [0.29, 0.717) is 29.2 Å². The number of rotatable bonds is 11. The molecule has 1 unspecified atom stereocenters. The van der Waals surface area contributed by atoms with Crippen molar-refractivity contribution in [3.05, 3.63) is 58.1 Å². The molecule has 0 fully saturated rings. The van der Waals surface area contributed by atoms with Gasteiger partial charge in [-0.25, -0.2) is 4.79 Å². The van der Waals surface area contributed by atoms with E-state index in [2.05, 4.69) is 10.1 Å². The predicted octanol–water partition coefficient (Wildman–Crippen LogP) is 4.25. The fourth-order valence-corrected chi connectivity index (χ4v) is 3.19. The Morgan fingerprint density at radius 3 is 2.48 bits per heavy atom. The first-order valence-corrected chi connectivity index (χ1v) is 10.2. The summed E-state index contributed by atoms with van der Waals surface area (Å²) in [6, 6.07) is 9.23. The fourth-order valence-electron chi connectivity index (χ4n) is 2.93. The molecule has 33 heavy (non-hydrogen) atoms. The van der Waals surface area contributed by atoms with Gasteiger partial charge in [0.05, 0.1) is 24.3 Å². The molecule has 0 aromatic heterocycles. The molecule has 7 nitrogen and oxygen atoms in total. The molecule has 1 amide bonds. The Morgan fingerprint density at radius 1 is 1.18 bits per heavy atom. The number of ether oxygens (including phenoxy) is 3. The third kappa shape index (κ3) is 8.14. The van der Waals surface area contributed by atoms with E-state index in [0.717, 1.165) is 0 Å². The maximum atomic E-state index is 12.6. The van der Waals surface area contributed by atoms with Gasteiger partial charge in [-0.2, -0.15) is 13.2 Å². The van der Waals surface area contributed by atoms with Crippen molar-refractivity contribution in [2.75, 3.05) is 20.3 Å². The zero-order valence-electron chi connectivity index (χ0n) is 17.9. The van der Waals surface area contributed by atoms with Crippen molar-refractivity contribution in [3.8, 4) is 11.5 Å². The van der Waals surface area contributed by atoms with Crippen LogP contribution in [0.5, 0.6) is 11.5 Å². The van der Waals surface area contributed by atoms with E-state index in [4.69, 9.17) is 21.1 Å². The third-order valence-corrected chi connectivity index (χ3v) is 4.74. The Morgan fingerprint density at radius 2 is 1.91 bits per heavy atom. The number of nitrogens with one attached hydrogen (secondary N) is 1. The number of hydrogen-bond donors (Lipinski definition) is 2. The molecule has 0 spiro atoms. The van der Waals surface area contributed by atoms with Crippen molar-refractivity contribution >= 4 is 23.5 Å². The number of hydrogen-bond acceptors (Lipinski definition) is 5. The number of carboxylic acid groups (broad SMARTS) is 1. The van der Waals surface area contributed by atoms with Gasteiger partial charge in [-0.1, -0.05) is 23.7 Å². The van der Waals surface area contributed by atoms with Gasteiger partial charge < -0.3 is 24.6 Å². The second-order valence-corrected chi connectivity index (χ2v) is 7.27. The summed E-state index contributed by atoms with van der Waals surface area (Å²) in [5.41, 5.74) is 1.11. The average molecular weight is 490 g/mol. The largest absolute Gasteiger partial charge is 0.496 e. The highest BCUT2D eigenvalue weighted by Gasteiger charge is 2.31. The van der Waals surface area contributed by atoms with Crippen LogP contribution in [-0.2, 0) is 22.5 Å². The van der Waals surface area contributed by atoms with Crippen molar-refractivity contribution in [2.24, 2.45) is 0 Å². The van der Waals surface area contributed by atoms with Crippen molar-refractivity contribution in [2.45, 2.75) is 32.2 Å². The summed E-state index contributed by atoms with van der Waals surface area (Å²) in [7, 11) is 1.41. The molecule has 0 heterocycles. The molecule has 0 aliphatic carbocycles. The van der Waals surface area contributed by atoms with Gasteiger partial charge in [0.1, 0.15) is 18.1 Å². The molecule has 1 atom stereocenters. The number of amides is 1. The van der Waals surface area contributed by atoms with Crippen LogP contribution in [0.15, 0.2) is 36.4 Å². The number of halogens is 4. The molecule has 0 aliphatic rings. The minimum absolute atomic E-state index is 0.000529. The Kier molecular flexibility index (Phi) is 9.36. The van der Waals surface area contributed by atoms with Crippen LogP contribution in [0.25, 0.3) is 0 Å². The normalized spacial score (nSPS) is 12.2. The monoisotopic (exact) mass is 489 g/mol. The molecular weight excluding hydrogens is 467 g/mol. The Bertz CT molecular complexity index is 983. The van der Waals surface area contributed by atoms with Gasteiger partial charge in [-0.15, -0.1) is 0 Å². The summed E-state index contributed by atoms with van der Waals surface area (Å²) in [6.45, 7) is 0.589. The lowest BCUT2D eigenvalue weighted by molar-refractivity contribution is -0.192. The summed E-state index contributed by atoms with van der Waals surface area (Å²) in [6.07, 6.45) is -6.64. The highest BCUT2D eigenvalue weighted by Crippen LogP contribution is 2.25. The standard InChI is InChI=1S/C22H23ClF3NO6/c1-3-32-15-5-6-16(17(23)10-15)20(28)27-11-14-8-13(4-7-18(14)31-2)9-19(21(29)30)33-12-22(24,25)26/h4-8,10,19H,3,9,11-12H2,1-2H3,(H,27,28)(H,29,30). The van der Waals surface area contributed by atoms with E-state index in [1.165, 1.54) is 37.4 Å². The first-order chi connectivity index (χ1) is 15.5. The Labute approximate surface area is 193 Å². The minimum atomic E-state index is -4.65. The molecular formula is C22H23ClF3NO6. The number of methoxy groups -OCH3 is 1.